The van der Waals surface area contributed by atoms with Gasteiger partial charge in [0.25, 0.3) is 11.8 Å². The number of rotatable bonds is 8. The predicted molar refractivity (Wildman–Crippen MR) is 134 cm³/mol. The lowest BCUT2D eigenvalue weighted by molar-refractivity contribution is -0.141. The highest BCUT2D eigenvalue weighted by Gasteiger charge is 2.37. The van der Waals surface area contributed by atoms with E-state index in [0.717, 1.165) is 0 Å². The van der Waals surface area contributed by atoms with E-state index < -0.39 is 29.4 Å². The number of aromatic nitrogens is 5. The van der Waals surface area contributed by atoms with Gasteiger partial charge in [-0.1, -0.05) is 30.1 Å². The van der Waals surface area contributed by atoms with Crippen LogP contribution in [0.15, 0.2) is 36.7 Å². The zero-order valence-corrected chi connectivity index (χ0v) is 21.4. The van der Waals surface area contributed by atoms with Crippen LogP contribution in [0.3, 0.4) is 0 Å². The zero-order valence-electron chi connectivity index (χ0n) is 19.9. The summed E-state index contributed by atoms with van der Waals surface area (Å²) in [6, 6.07) is 4.88. The van der Waals surface area contributed by atoms with Crippen LogP contribution in [-0.4, -0.2) is 50.0 Å². The number of carbonyl (C=O) groups excluding carboxylic acids is 2. The minimum Gasteiger partial charge on any atom is -0.362 e. The molecule has 2 N–H and O–H groups in total. The summed E-state index contributed by atoms with van der Waals surface area (Å²) < 4.78 is 47.8. The van der Waals surface area contributed by atoms with Gasteiger partial charge in [0.15, 0.2) is 11.5 Å². The van der Waals surface area contributed by atoms with Crippen LogP contribution in [0.4, 0.5) is 18.9 Å². The maximum absolute atomic E-state index is 13.5. The van der Waals surface area contributed by atoms with Crippen molar-refractivity contribution in [3.05, 3.63) is 63.7 Å². The Morgan fingerprint density at radius 1 is 1.16 bits per heavy atom. The molecular formula is C23H20Cl2F3N7O3. The summed E-state index contributed by atoms with van der Waals surface area (Å²) in [5.41, 5.74) is -1.76. The Labute approximate surface area is 223 Å². The van der Waals surface area contributed by atoms with E-state index in [1.54, 1.807) is 0 Å². The largest absolute Gasteiger partial charge is 0.435 e. The van der Waals surface area contributed by atoms with Crippen LogP contribution in [-0.2, 0) is 17.6 Å². The Hall–Kier alpha value is -3.68. The number of pyridine rings is 1. The van der Waals surface area contributed by atoms with Crippen LogP contribution in [0.2, 0.25) is 10.0 Å². The van der Waals surface area contributed by atoms with Crippen LogP contribution < -0.4 is 10.6 Å². The van der Waals surface area contributed by atoms with E-state index in [9.17, 15) is 22.8 Å². The van der Waals surface area contributed by atoms with Gasteiger partial charge < -0.3 is 15.4 Å². The van der Waals surface area contributed by atoms with E-state index in [2.05, 4.69) is 25.8 Å². The maximum Gasteiger partial charge on any atom is 0.435 e. The van der Waals surface area contributed by atoms with E-state index in [1.807, 2.05) is 6.92 Å². The second kappa shape index (κ2) is 11.0. The zero-order chi connectivity index (χ0) is 27.6. The fourth-order valence-electron chi connectivity index (χ4n) is 3.67. The Kier molecular flexibility index (Phi) is 7.90. The fourth-order valence-corrected chi connectivity index (χ4v) is 4.13. The van der Waals surface area contributed by atoms with Crippen molar-refractivity contribution in [1.29, 1.82) is 0 Å². The molecule has 0 bridgehead atoms. The molecule has 0 saturated carbocycles. The molecular weight excluding hydrogens is 550 g/mol. The van der Waals surface area contributed by atoms with Gasteiger partial charge in [-0.15, -0.1) is 0 Å². The molecule has 38 heavy (non-hydrogen) atoms. The van der Waals surface area contributed by atoms with Gasteiger partial charge in [0, 0.05) is 31.3 Å². The summed E-state index contributed by atoms with van der Waals surface area (Å²) in [6.45, 7) is 2.15. The summed E-state index contributed by atoms with van der Waals surface area (Å²) in [5, 5.41) is 13.3. The van der Waals surface area contributed by atoms with Gasteiger partial charge in [-0.05, 0) is 24.6 Å². The molecule has 0 fully saturated rings. The number of halogens is 5. The first-order chi connectivity index (χ1) is 18.1. The van der Waals surface area contributed by atoms with Crippen LogP contribution in [0.5, 0.6) is 0 Å². The molecule has 15 heteroatoms. The van der Waals surface area contributed by atoms with Crippen molar-refractivity contribution in [3.8, 4) is 5.82 Å². The lowest BCUT2D eigenvalue weighted by atomic mass is 10.1. The maximum atomic E-state index is 13.5. The first kappa shape index (κ1) is 27.4. The van der Waals surface area contributed by atoms with Crippen molar-refractivity contribution in [1.82, 2.24) is 29.9 Å². The fraction of sp³-hybridized carbons (Fsp3) is 0.261. The Balaban J connectivity index is 1.87. The number of carbonyl (C=O) groups is 2. The van der Waals surface area contributed by atoms with Crippen molar-refractivity contribution in [2.75, 3.05) is 19.0 Å². The third-order valence-electron chi connectivity index (χ3n) is 5.30. The Morgan fingerprint density at radius 3 is 2.58 bits per heavy atom. The smallest absolute Gasteiger partial charge is 0.362 e. The molecule has 10 nitrogen and oxygen atoms in total. The van der Waals surface area contributed by atoms with Gasteiger partial charge in [0.1, 0.15) is 12.4 Å². The molecule has 0 aliphatic heterocycles. The summed E-state index contributed by atoms with van der Waals surface area (Å²) in [5.74, 6) is -1.82. The third kappa shape index (κ3) is 5.30. The summed E-state index contributed by atoms with van der Waals surface area (Å²) in [7, 11) is 1.44. The first-order valence-electron chi connectivity index (χ1n) is 11.1. The number of hydrogen-bond acceptors (Lipinski definition) is 6. The molecule has 3 aromatic heterocycles. The molecule has 4 aromatic rings. The highest BCUT2D eigenvalue weighted by molar-refractivity contribution is 6.36. The van der Waals surface area contributed by atoms with Crippen molar-refractivity contribution in [2.45, 2.75) is 26.3 Å². The van der Waals surface area contributed by atoms with Gasteiger partial charge in [0.05, 0.1) is 33.0 Å². The number of nitrogens with zero attached hydrogens (tertiary/aromatic N) is 5. The molecule has 0 atom stereocenters. The Bertz CT molecular complexity index is 1520. The number of anilines is 1. The number of alkyl halides is 3. The summed E-state index contributed by atoms with van der Waals surface area (Å²) in [6.07, 6.45) is -1.49. The molecule has 0 aliphatic rings. The van der Waals surface area contributed by atoms with Crippen molar-refractivity contribution < 1.29 is 27.5 Å². The number of nitrogens with one attached hydrogen (secondary N) is 2. The molecule has 2 amide bonds. The third-order valence-corrected chi connectivity index (χ3v) is 5.89. The minimum absolute atomic E-state index is 0.0214. The van der Waals surface area contributed by atoms with Crippen LogP contribution in [0, 0.1) is 0 Å². The number of benzene rings is 1. The lowest BCUT2D eigenvalue weighted by Gasteiger charge is -2.16. The van der Waals surface area contributed by atoms with Crippen molar-refractivity contribution >= 4 is 51.6 Å². The van der Waals surface area contributed by atoms with E-state index in [1.165, 1.54) is 42.4 Å². The van der Waals surface area contributed by atoms with E-state index in [-0.39, 0.29) is 33.8 Å². The van der Waals surface area contributed by atoms with Crippen molar-refractivity contribution in [3.63, 3.8) is 0 Å². The van der Waals surface area contributed by atoms with Crippen LogP contribution in [0.25, 0.3) is 16.7 Å². The second-order valence-electron chi connectivity index (χ2n) is 7.95. The number of ether oxygens (including phenoxy) is 1. The molecule has 0 aliphatic carbocycles. The quantitative estimate of drug-likeness (QED) is 0.310. The highest BCUT2D eigenvalue weighted by atomic mass is 35.5. The molecule has 0 saturated heterocycles. The molecule has 0 radical (unpaired) electrons. The Morgan fingerprint density at radius 2 is 1.92 bits per heavy atom. The average Bonchev–Trinajstić information content (AvgIpc) is 3.48. The van der Waals surface area contributed by atoms with Crippen molar-refractivity contribution in [2.24, 2.45) is 0 Å². The summed E-state index contributed by atoms with van der Waals surface area (Å²) in [4.78, 5) is 30.6. The SMILES string of the molecule is CCCNC(=O)c1c(NC(=O)c2cc(C(F)(F)F)nn2-c2ncccc2Cl)c(Cl)cc2cnn(COC)c12. The van der Waals surface area contributed by atoms with E-state index >= 15 is 0 Å². The minimum atomic E-state index is -4.87. The topological polar surface area (TPSA) is 116 Å². The van der Waals surface area contributed by atoms with Crippen LogP contribution in [0.1, 0.15) is 39.9 Å². The first-order valence-corrected chi connectivity index (χ1v) is 11.9. The monoisotopic (exact) mass is 569 g/mol. The van der Waals surface area contributed by atoms with E-state index in [0.29, 0.717) is 34.6 Å². The molecule has 3 heterocycles. The number of methoxy groups -OCH3 is 1. The molecule has 4 rings (SSSR count). The standard InChI is InChI=1S/C23H20Cl2F3N7O3/c1-3-6-30-22(37)17-18(14(25)8-12-10-31-34(11-38-2)19(12)17)32-21(36)15-9-16(23(26,27)28)33-35(15)20-13(24)5-4-7-29-20/h4-5,7-10H,3,6,11H2,1-2H3,(H,30,37)(H,32,36). The molecule has 0 unspecified atom stereocenters. The number of hydrogen-bond donors (Lipinski definition) is 2. The molecule has 200 valence electrons. The predicted octanol–water partition coefficient (Wildman–Crippen LogP) is 4.94. The second-order valence-corrected chi connectivity index (χ2v) is 8.77. The number of fused-ring (bicyclic) bond motifs is 1. The lowest BCUT2D eigenvalue weighted by Crippen LogP contribution is -2.27. The normalized spacial score (nSPS) is 11.7. The molecule has 1 aromatic carbocycles. The van der Waals surface area contributed by atoms with Gasteiger partial charge in [-0.25, -0.2) is 14.3 Å². The number of amides is 2. The van der Waals surface area contributed by atoms with E-state index in [4.69, 9.17) is 27.9 Å². The van der Waals surface area contributed by atoms with Gasteiger partial charge in [-0.2, -0.15) is 23.4 Å². The highest BCUT2D eigenvalue weighted by Crippen LogP contribution is 2.35. The summed E-state index contributed by atoms with van der Waals surface area (Å²) >= 11 is 12.6. The van der Waals surface area contributed by atoms with Gasteiger partial charge in [-0.3, -0.25) is 9.59 Å². The van der Waals surface area contributed by atoms with Crippen LogP contribution >= 0.6 is 23.2 Å². The van der Waals surface area contributed by atoms with Gasteiger partial charge >= 0.3 is 6.18 Å². The molecule has 0 spiro atoms. The van der Waals surface area contributed by atoms with Gasteiger partial charge in [0.2, 0.25) is 0 Å². The average molecular weight is 570 g/mol.